The number of ether oxygens (including phenoxy) is 1. The lowest BCUT2D eigenvalue weighted by Gasteiger charge is -2.29. The molecule has 2 aliphatic rings. The second kappa shape index (κ2) is 9.81. The Hall–Kier alpha value is -3.40. The van der Waals surface area contributed by atoms with E-state index in [9.17, 15) is 14.4 Å². The Morgan fingerprint density at radius 2 is 2.00 bits per heavy atom. The van der Waals surface area contributed by atoms with Crippen molar-refractivity contribution in [3.05, 3.63) is 70.4 Å². The molecule has 0 radical (unpaired) electrons. The number of rotatable bonds is 6. The molecule has 9 heteroatoms. The molecule has 0 N–H and O–H groups in total. The Bertz CT molecular complexity index is 1470. The van der Waals surface area contributed by atoms with E-state index in [2.05, 4.69) is 13.0 Å². The van der Waals surface area contributed by atoms with Crippen LogP contribution in [-0.4, -0.2) is 52.9 Å². The first kappa shape index (κ1) is 24.0. The van der Waals surface area contributed by atoms with Gasteiger partial charge in [-0.1, -0.05) is 12.1 Å². The van der Waals surface area contributed by atoms with Crippen LogP contribution in [0.15, 0.2) is 60.0 Å². The van der Waals surface area contributed by atoms with Crippen LogP contribution in [0.4, 0.5) is 5.69 Å². The van der Waals surface area contributed by atoms with Crippen LogP contribution in [0.1, 0.15) is 34.5 Å². The minimum absolute atomic E-state index is 0.0400. The molecule has 6 rings (SSSR count). The summed E-state index contributed by atoms with van der Waals surface area (Å²) in [5, 5.41) is 2.72. The Morgan fingerprint density at radius 1 is 1.16 bits per heavy atom. The van der Waals surface area contributed by atoms with Crippen LogP contribution in [0.2, 0.25) is 0 Å². The number of hydrogen-bond acceptors (Lipinski definition) is 7. The first-order valence-corrected chi connectivity index (χ1v) is 14.0. The number of hydrogen-bond donors (Lipinski definition) is 0. The van der Waals surface area contributed by atoms with Crippen molar-refractivity contribution in [1.82, 2.24) is 9.88 Å². The summed E-state index contributed by atoms with van der Waals surface area (Å²) in [6.45, 7) is 3.00. The van der Waals surface area contributed by atoms with Crippen molar-refractivity contribution < 1.29 is 19.1 Å². The van der Waals surface area contributed by atoms with Crippen molar-refractivity contribution in [2.45, 2.75) is 38.3 Å². The van der Waals surface area contributed by atoms with E-state index in [0.29, 0.717) is 23.7 Å². The van der Waals surface area contributed by atoms with Gasteiger partial charge in [0.05, 0.1) is 33.3 Å². The van der Waals surface area contributed by atoms with Crippen LogP contribution >= 0.6 is 22.7 Å². The Morgan fingerprint density at radius 3 is 2.73 bits per heavy atom. The number of anilines is 1. The lowest BCUT2D eigenvalue weighted by molar-refractivity contribution is -0.122. The molecule has 2 saturated heterocycles. The third-order valence-electron chi connectivity index (χ3n) is 6.83. The third kappa shape index (κ3) is 4.58. The van der Waals surface area contributed by atoms with Crippen molar-refractivity contribution in [1.29, 1.82) is 0 Å². The number of aromatic nitrogens is 1. The first-order valence-electron chi connectivity index (χ1n) is 12.3. The maximum absolute atomic E-state index is 13.6. The Kier molecular flexibility index (Phi) is 6.36. The van der Waals surface area contributed by atoms with Gasteiger partial charge >= 0.3 is 0 Å². The summed E-state index contributed by atoms with van der Waals surface area (Å²) in [5.41, 5.74) is 3.55. The summed E-state index contributed by atoms with van der Waals surface area (Å²) in [6, 6.07) is 16.2. The molecule has 188 valence electrons. The van der Waals surface area contributed by atoms with Gasteiger partial charge in [0.25, 0.3) is 11.8 Å². The van der Waals surface area contributed by atoms with Crippen molar-refractivity contribution in [2.24, 2.45) is 0 Å². The first-order chi connectivity index (χ1) is 18.0. The van der Waals surface area contributed by atoms with Gasteiger partial charge < -0.3 is 9.64 Å². The van der Waals surface area contributed by atoms with Gasteiger partial charge in [-0.2, -0.15) is 0 Å². The van der Waals surface area contributed by atoms with Crippen molar-refractivity contribution in [3.8, 4) is 10.6 Å². The molecule has 4 aromatic rings. The number of imide groups is 1. The molecule has 2 aliphatic heterocycles. The largest absolute Gasteiger partial charge is 0.376 e. The maximum atomic E-state index is 13.6. The highest BCUT2D eigenvalue weighted by molar-refractivity contribution is 7.21. The van der Waals surface area contributed by atoms with Crippen LogP contribution < -0.4 is 4.90 Å². The zero-order valence-electron chi connectivity index (χ0n) is 20.3. The fourth-order valence-electron chi connectivity index (χ4n) is 4.94. The Labute approximate surface area is 222 Å². The van der Waals surface area contributed by atoms with Gasteiger partial charge in [-0.15, -0.1) is 22.7 Å². The predicted molar refractivity (Wildman–Crippen MR) is 145 cm³/mol. The summed E-state index contributed by atoms with van der Waals surface area (Å²) >= 11 is 2.94. The van der Waals surface area contributed by atoms with Crippen molar-refractivity contribution in [2.75, 3.05) is 18.1 Å². The van der Waals surface area contributed by atoms with Crippen LogP contribution in [0, 0.1) is 6.92 Å². The van der Waals surface area contributed by atoms with Crippen LogP contribution in [-0.2, 0) is 14.3 Å². The molecule has 0 bridgehead atoms. The molecular formula is C28H25N3O4S2. The number of thiophene rings is 1. The number of carbonyl (C=O) groups excluding carboxylic acids is 3. The number of fused-ring (bicyclic) bond motifs is 1. The molecule has 2 aromatic heterocycles. The Balaban J connectivity index is 1.25. The monoisotopic (exact) mass is 531 g/mol. The summed E-state index contributed by atoms with van der Waals surface area (Å²) in [5.74, 6) is -0.925. The summed E-state index contributed by atoms with van der Waals surface area (Å²) in [6.07, 6.45) is 1.59. The van der Waals surface area contributed by atoms with Crippen molar-refractivity contribution in [3.63, 3.8) is 0 Å². The molecule has 0 saturated carbocycles. The smallest absolute Gasteiger partial charge is 0.264 e. The van der Waals surface area contributed by atoms with E-state index in [1.54, 1.807) is 34.4 Å². The predicted octanol–water partition coefficient (Wildman–Crippen LogP) is 5.29. The number of benzene rings is 2. The van der Waals surface area contributed by atoms with Gasteiger partial charge in [-0.3, -0.25) is 14.4 Å². The topological polar surface area (TPSA) is 79.8 Å². The van der Waals surface area contributed by atoms with Crippen LogP contribution in [0.25, 0.3) is 20.8 Å². The number of carbonyl (C=O) groups is 3. The van der Waals surface area contributed by atoms with Gasteiger partial charge in [-0.05, 0) is 73.2 Å². The van der Waals surface area contributed by atoms with E-state index in [0.717, 1.165) is 33.6 Å². The average Bonchev–Trinajstić information content (AvgIpc) is 3.70. The van der Waals surface area contributed by atoms with Crippen molar-refractivity contribution >= 4 is 56.3 Å². The quantitative estimate of drug-likeness (QED) is 0.316. The summed E-state index contributed by atoms with van der Waals surface area (Å²) in [4.78, 5) is 48.0. The summed E-state index contributed by atoms with van der Waals surface area (Å²) in [7, 11) is 0. The van der Waals surface area contributed by atoms with Gasteiger partial charge in [0, 0.05) is 18.7 Å². The minimum atomic E-state index is -0.849. The summed E-state index contributed by atoms with van der Waals surface area (Å²) < 4.78 is 6.88. The van der Waals surface area contributed by atoms with Crippen LogP contribution in [0.5, 0.6) is 0 Å². The van der Waals surface area contributed by atoms with Crippen LogP contribution in [0.3, 0.4) is 0 Å². The molecule has 37 heavy (non-hydrogen) atoms. The number of thiazole rings is 1. The van der Waals surface area contributed by atoms with E-state index in [-0.39, 0.29) is 30.2 Å². The zero-order valence-corrected chi connectivity index (χ0v) is 21.9. The fourth-order valence-corrected chi connectivity index (χ4v) is 6.69. The average molecular weight is 532 g/mol. The lowest BCUT2D eigenvalue weighted by Crippen LogP contribution is -2.48. The molecule has 2 unspecified atom stereocenters. The number of nitrogens with zero attached hydrogens (tertiary/aromatic N) is 3. The number of amides is 3. The molecule has 2 aromatic carbocycles. The van der Waals surface area contributed by atoms with E-state index in [1.165, 1.54) is 21.8 Å². The molecule has 7 nitrogen and oxygen atoms in total. The highest BCUT2D eigenvalue weighted by Gasteiger charge is 2.45. The van der Waals surface area contributed by atoms with Gasteiger partial charge in [0.15, 0.2) is 0 Å². The lowest BCUT2D eigenvalue weighted by atomic mass is 10.1. The van der Waals surface area contributed by atoms with E-state index in [1.807, 2.05) is 35.7 Å². The molecule has 2 fully saturated rings. The van der Waals surface area contributed by atoms with Gasteiger partial charge in [0.2, 0.25) is 5.91 Å². The SMILES string of the molecule is Cc1ccc2nc(-c3ccc(N4C(=O)CC(N(CC5CCCO5)C(=O)c5cccs5)C4=O)cc3)sc2c1. The fraction of sp³-hybridized carbons (Fsp3) is 0.286. The molecular weight excluding hydrogens is 506 g/mol. The highest BCUT2D eigenvalue weighted by atomic mass is 32.1. The second-order valence-corrected chi connectivity index (χ2v) is 11.4. The number of aryl methyl sites for hydroxylation is 1. The molecule has 4 heterocycles. The second-order valence-electron chi connectivity index (χ2n) is 9.39. The van der Waals surface area contributed by atoms with Gasteiger partial charge in [0.1, 0.15) is 11.0 Å². The molecule has 3 amide bonds. The van der Waals surface area contributed by atoms with E-state index in [4.69, 9.17) is 9.72 Å². The normalized spacial score (nSPS) is 19.8. The zero-order chi connectivity index (χ0) is 25.5. The molecule has 2 atom stereocenters. The molecule has 0 aliphatic carbocycles. The standard InChI is InChI=1S/C28H25N3O4S2/c1-17-6-11-21-24(14-17)37-26(29-21)18-7-9-19(10-8-18)31-25(32)15-22(27(31)33)30(16-20-4-2-12-35-20)28(34)23-5-3-13-36-23/h3,5-11,13-14,20,22H,2,4,12,15-16H2,1H3. The third-order valence-corrected chi connectivity index (χ3v) is 8.76. The van der Waals surface area contributed by atoms with E-state index >= 15 is 0 Å². The van der Waals surface area contributed by atoms with E-state index < -0.39 is 6.04 Å². The maximum Gasteiger partial charge on any atom is 0.264 e. The van der Waals surface area contributed by atoms with Gasteiger partial charge in [-0.25, -0.2) is 9.88 Å². The highest BCUT2D eigenvalue weighted by Crippen LogP contribution is 2.33. The molecule has 0 spiro atoms. The minimum Gasteiger partial charge on any atom is -0.376 e.